The van der Waals surface area contributed by atoms with E-state index in [1.165, 1.54) is 0 Å². The highest BCUT2D eigenvalue weighted by Gasteiger charge is 2.20. The smallest absolute Gasteiger partial charge is 0.251 e. The summed E-state index contributed by atoms with van der Waals surface area (Å²) in [5.41, 5.74) is 6.71. The van der Waals surface area contributed by atoms with Gasteiger partial charge in [-0.25, -0.2) is 4.98 Å². The maximum atomic E-state index is 13.7. The summed E-state index contributed by atoms with van der Waals surface area (Å²) in [6.45, 7) is 13.0. The van der Waals surface area contributed by atoms with Crippen molar-refractivity contribution in [1.29, 1.82) is 0 Å². The molecule has 254 valence electrons. The Bertz CT molecular complexity index is 1700. The molecule has 0 radical (unpaired) electrons. The number of fused-ring (bicyclic) bond motifs is 1. The van der Waals surface area contributed by atoms with Gasteiger partial charge in [-0.2, -0.15) is 0 Å². The zero-order valence-electron chi connectivity index (χ0n) is 28.6. The molecule has 0 aliphatic carbocycles. The number of amides is 1. The van der Waals surface area contributed by atoms with Crippen LogP contribution in [0.15, 0.2) is 89.7 Å². The largest absolute Gasteiger partial charge is 0.491 e. The van der Waals surface area contributed by atoms with Crippen LogP contribution in [0.25, 0.3) is 17.2 Å². The maximum absolute atomic E-state index is 13.7. The van der Waals surface area contributed by atoms with Gasteiger partial charge in [-0.05, 0) is 103 Å². The van der Waals surface area contributed by atoms with Crippen LogP contribution < -0.4 is 15.0 Å². The topological polar surface area (TPSA) is 85.7 Å². The lowest BCUT2D eigenvalue weighted by atomic mass is 9.96. The predicted octanol–water partition coefficient (Wildman–Crippen LogP) is 7.96. The van der Waals surface area contributed by atoms with Crippen molar-refractivity contribution in [3.63, 3.8) is 0 Å². The quantitative estimate of drug-likeness (QED) is 0.129. The summed E-state index contributed by atoms with van der Waals surface area (Å²) in [4.78, 5) is 21.1. The minimum atomic E-state index is -1.21. The molecule has 1 aromatic heterocycles. The average molecular weight is 669 g/mol. The minimum Gasteiger partial charge on any atom is -0.491 e. The van der Waals surface area contributed by atoms with Gasteiger partial charge in [-0.15, -0.1) is 0 Å². The van der Waals surface area contributed by atoms with Crippen LogP contribution >= 0.6 is 0 Å². The lowest BCUT2D eigenvalue weighted by Gasteiger charge is -2.30. The molecule has 1 aliphatic heterocycles. The van der Waals surface area contributed by atoms with Crippen molar-refractivity contribution < 1.29 is 18.5 Å². The monoisotopic (exact) mass is 668 g/mol. The Morgan fingerprint density at radius 1 is 1.00 bits per heavy atom. The van der Waals surface area contributed by atoms with Gasteiger partial charge in [0.25, 0.3) is 5.91 Å². The Hall–Kier alpha value is -4.21. The van der Waals surface area contributed by atoms with E-state index in [0.29, 0.717) is 43.6 Å². The molecule has 3 aromatic carbocycles. The SMILES string of the molecule is CCCn1cncc1CS(=O)c1ccc(NC(=O)/C2=C/c3cc(-c4ccc(OCCOCC)cc4)ccc3N(CC(C)C)CCC2)cc1. The second-order valence-electron chi connectivity index (χ2n) is 12.5. The van der Waals surface area contributed by atoms with Crippen molar-refractivity contribution in [3.8, 4) is 16.9 Å². The number of aromatic nitrogens is 2. The van der Waals surface area contributed by atoms with Crippen LogP contribution in [0.1, 0.15) is 58.2 Å². The lowest BCUT2D eigenvalue weighted by Crippen LogP contribution is -2.30. The zero-order chi connectivity index (χ0) is 33.9. The lowest BCUT2D eigenvalue weighted by molar-refractivity contribution is -0.112. The van der Waals surface area contributed by atoms with Crippen LogP contribution in [-0.2, 0) is 32.6 Å². The third kappa shape index (κ3) is 9.45. The van der Waals surface area contributed by atoms with Gasteiger partial charge < -0.3 is 24.3 Å². The second-order valence-corrected chi connectivity index (χ2v) is 14.0. The molecule has 4 aromatic rings. The summed E-state index contributed by atoms with van der Waals surface area (Å²) < 4.78 is 26.3. The van der Waals surface area contributed by atoms with Crippen molar-refractivity contribution in [2.75, 3.05) is 43.1 Å². The molecule has 48 heavy (non-hydrogen) atoms. The molecular weight excluding hydrogens is 621 g/mol. The molecule has 5 rings (SSSR count). The summed E-state index contributed by atoms with van der Waals surface area (Å²) in [5, 5.41) is 3.09. The van der Waals surface area contributed by atoms with Crippen LogP contribution in [0, 0.1) is 5.92 Å². The van der Waals surface area contributed by atoms with Crippen LogP contribution in [0.4, 0.5) is 11.4 Å². The van der Waals surface area contributed by atoms with Gasteiger partial charge in [0.15, 0.2) is 0 Å². The van der Waals surface area contributed by atoms with Crippen molar-refractivity contribution >= 4 is 34.2 Å². The fourth-order valence-corrected chi connectivity index (χ4v) is 7.04. The van der Waals surface area contributed by atoms with Gasteiger partial charge in [-0.3, -0.25) is 9.00 Å². The highest BCUT2D eigenvalue weighted by Crippen LogP contribution is 2.33. The van der Waals surface area contributed by atoms with Gasteiger partial charge >= 0.3 is 0 Å². The van der Waals surface area contributed by atoms with E-state index in [-0.39, 0.29) is 5.91 Å². The number of rotatable bonds is 15. The second kappa shape index (κ2) is 17.3. The van der Waals surface area contributed by atoms with Crippen LogP contribution in [-0.4, -0.2) is 52.6 Å². The van der Waals surface area contributed by atoms with Gasteiger partial charge in [-0.1, -0.05) is 39.0 Å². The summed E-state index contributed by atoms with van der Waals surface area (Å²) >= 11 is 0. The summed E-state index contributed by atoms with van der Waals surface area (Å²) in [6, 6.07) is 22.0. The molecule has 0 spiro atoms. The fourth-order valence-electron chi connectivity index (χ4n) is 5.92. The highest BCUT2D eigenvalue weighted by atomic mass is 32.2. The minimum absolute atomic E-state index is 0.116. The van der Waals surface area contributed by atoms with E-state index >= 15 is 0 Å². The normalized spacial score (nSPS) is 14.9. The van der Waals surface area contributed by atoms with Gasteiger partial charge in [0.05, 0.1) is 35.2 Å². The standard InChI is InChI=1S/C39H48N4O4S/c1-5-19-43-28-40-25-35(43)27-48(45)37-16-12-34(13-17-37)41-39(44)32-8-7-20-42(26-29(3)4)38-18-11-31(23-33(38)24-32)30-9-14-36(15-10-30)47-22-21-46-6-2/h9-18,23-25,28-29H,5-8,19-22,26-27H2,1-4H3,(H,41,44)/b32-24+. The summed E-state index contributed by atoms with van der Waals surface area (Å²) in [5.74, 6) is 1.61. The van der Waals surface area contributed by atoms with Crippen molar-refractivity contribution in [1.82, 2.24) is 9.55 Å². The van der Waals surface area contributed by atoms with Crippen molar-refractivity contribution in [3.05, 3.63) is 96.1 Å². The highest BCUT2D eigenvalue weighted by molar-refractivity contribution is 7.84. The average Bonchev–Trinajstić information content (AvgIpc) is 3.51. The number of carbonyl (C=O) groups is 1. The first kappa shape index (κ1) is 35.1. The number of ether oxygens (including phenoxy) is 2. The Labute approximate surface area is 287 Å². The molecule has 1 N–H and O–H groups in total. The van der Waals surface area contributed by atoms with E-state index in [0.717, 1.165) is 76.8 Å². The summed E-state index contributed by atoms with van der Waals surface area (Å²) in [6.07, 6.45) is 8.17. The van der Waals surface area contributed by atoms with E-state index in [9.17, 15) is 9.00 Å². The molecular formula is C39H48N4O4S. The van der Waals surface area contributed by atoms with Gasteiger partial charge in [0, 0.05) is 54.3 Å². The van der Waals surface area contributed by atoms with Gasteiger partial charge in [0.1, 0.15) is 12.4 Å². The third-order valence-corrected chi connectivity index (χ3v) is 9.61. The van der Waals surface area contributed by atoms with E-state index < -0.39 is 10.8 Å². The first-order chi connectivity index (χ1) is 23.3. The Morgan fingerprint density at radius 2 is 1.77 bits per heavy atom. The van der Waals surface area contributed by atoms with E-state index in [1.807, 2.05) is 43.3 Å². The molecule has 0 saturated carbocycles. The molecule has 0 fully saturated rings. The first-order valence-electron chi connectivity index (χ1n) is 17.0. The number of carbonyl (C=O) groups excluding carboxylic acids is 1. The molecule has 2 heterocycles. The third-order valence-electron chi connectivity index (χ3n) is 8.25. The fraction of sp³-hybridized carbons (Fsp3) is 0.385. The van der Waals surface area contributed by atoms with Crippen LogP contribution in [0.2, 0.25) is 0 Å². The number of aryl methyl sites for hydroxylation is 1. The zero-order valence-corrected chi connectivity index (χ0v) is 29.4. The molecule has 0 bridgehead atoms. The number of hydrogen-bond acceptors (Lipinski definition) is 6. The Kier molecular flexibility index (Phi) is 12.6. The first-order valence-corrected chi connectivity index (χ1v) is 18.4. The predicted molar refractivity (Wildman–Crippen MR) is 196 cm³/mol. The molecule has 8 nitrogen and oxygen atoms in total. The van der Waals surface area contributed by atoms with Gasteiger partial charge in [0.2, 0.25) is 0 Å². The Balaban J connectivity index is 1.33. The molecule has 9 heteroatoms. The molecule has 1 aliphatic rings. The van der Waals surface area contributed by atoms with Crippen LogP contribution in [0.5, 0.6) is 5.75 Å². The number of anilines is 2. The molecule has 0 saturated heterocycles. The van der Waals surface area contributed by atoms with Crippen molar-refractivity contribution in [2.45, 2.75) is 64.2 Å². The van der Waals surface area contributed by atoms with Crippen molar-refractivity contribution in [2.24, 2.45) is 5.92 Å². The van der Waals surface area contributed by atoms with E-state index in [1.54, 1.807) is 12.5 Å². The van der Waals surface area contributed by atoms with E-state index in [4.69, 9.17) is 9.47 Å². The maximum Gasteiger partial charge on any atom is 0.251 e. The van der Waals surface area contributed by atoms with Crippen LogP contribution in [0.3, 0.4) is 0 Å². The number of hydrogen-bond donors (Lipinski definition) is 1. The Morgan fingerprint density at radius 3 is 2.50 bits per heavy atom. The molecule has 1 amide bonds. The number of nitrogens with zero attached hydrogens (tertiary/aromatic N) is 3. The molecule has 1 unspecified atom stereocenters. The molecule has 1 atom stereocenters. The van der Waals surface area contributed by atoms with E-state index in [2.05, 4.69) is 76.9 Å². The number of benzene rings is 3. The number of imidazole rings is 1. The summed E-state index contributed by atoms with van der Waals surface area (Å²) in [7, 11) is -1.21. The number of nitrogens with one attached hydrogen (secondary N) is 1.